The van der Waals surface area contributed by atoms with Gasteiger partial charge in [-0.1, -0.05) is 51.1 Å². The predicted octanol–water partition coefficient (Wildman–Crippen LogP) is 5.55. The zero-order chi connectivity index (χ0) is 25.9. The van der Waals surface area contributed by atoms with Crippen LogP contribution in [0.3, 0.4) is 0 Å². The van der Waals surface area contributed by atoms with Crippen LogP contribution >= 0.6 is 0 Å². The normalized spacial score (nSPS) is 20.2. The topological polar surface area (TPSA) is 75.4 Å². The third-order valence-corrected chi connectivity index (χ3v) is 7.46. The molecule has 2 aliphatic rings. The van der Waals surface area contributed by atoms with Gasteiger partial charge in [-0.05, 0) is 19.3 Å². The molecule has 1 fully saturated rings. The van der Waals surface area contributed by atoms with Crippen LogP contribution in [0, 0.1) is 17.7 Å². The summed E-state index contributed by atoms with van der Waals surface area (Å²) in [6.45, 7) is 12.4. The SMILES string of the molecule is C=C1CC(C(=O)N2Cc3c(NC(C)c4cccc(C(F)F)c4F)nc4nnc(C(C)C)n4c3C2)C1C. The number of fused-ring (bicyclic) bond motifs is 3. The second-order valence-corrected chi connectivity index (χ2v) is 10.1. The fourth-order valence-corrected chi connectivity index (χ4v) is 5.13. The van der Waals surface area contributed by atoms with Crippen LogP contribution in [0.15, 0.2) is 30.4 Å². The molecular weight excluding hydrogens is 469 g/mol. The van der Waals surface area contributed by atoms with Gasteiger partial charge in [-0.3, -0.25) is 9.20 Å². The Morgan fingerprint density at radius 1 is 1.17 bits per heavy atom. The molecule has 1 amide bonds. The van der Waals surface area contributed by atoms with Crippen LogP contribution in [0.4, 0.5) is 19.0 Å². The molecule has 3 unspecified atom stereocenters. The van der Waals surface area contributed by atoms with E-state index in [2.05, 4.69) is 27.1 Å². The highest BCUT2D eigenvalue weighted by molar-refractivity contribution is 5.82. The van der Waals surface area contributed by atoms with Crippen molar-refractivity contribution < 1.29 is 18.0 Å². The Morgan fingerprint density at radius 3 is 2.53 bits per heavy atom. The summed E-state index contributed by atoms with van der Waals surface area (Å²) < 4.78 is 43.2. The molecule has 5 rings (SSSR count). The highest BCUT2D eigenvalue weighted by Crippen LogP contribution is 2.42. The number of nitrogens with zero attached hydrogens (tertiary/aromatic N) is 5. The molecule has 1 saturated carbocycles. The monoisotopic (exact) mass is 498 g/mol. The maximum absolute atomic E-state index is 14.8. The van der Waals surface area contributed by atoms with Gasteiger partial charge in [0.15, 0.2) is 0 Å². The van der Waals surface area contributed by atoms with Gasteiger partial charge in [-0.25, -0.2) is 13.2 Å². The lowest BCUT2D eigenvalue weighted by atomic mass is 9.70. The van der Waals surface area contributed by atoms with Crippen LogP contribution in [-0.2, 0) is 17.9 Å². The number of hydrogen-bond acceptors (Lipinski definition) is 5. The Morgan fingerprint density at radius 2 is 1.89 bits per heavy atom. The number of allylic oxidation sites excluding steroid dienone is 1. The van der Waals surface area contributed by atoms with Gasteiger partial charge in [0, 0.05) is 23.0 Å². The van der Waals surface area contributed by atoms with Crippen molar-refractivity contribution in [2.45, 2.75) is 65.6 Å². The quantitative estimate of drug-likeness (QED) is 0.451. The maximum atomic E-state index is 14.8. The van der Waals surface area contributed by atoms with Crippen molar-refractivity contribution in [3.8, 4) is 0 Å². The van der Waals surface area contributed by atoms with Gasteiger partial charge in [0.25, 0.3) is 12.2 Å². The van der Waals surface area contributed by atoms with E-state index in [0.29, 0.717) is 31.1 Å². The van der Waals surface area contributed by atoms with E-state index < -0.39 is 23.8 Å². The zero-order valence-electron chi connectivity index (χ0n) is 20.7. The first-order valence-electron chi connectivity index (χ1n) is 12.1. The van der Waals surface area contributed by atoms with Crippen LogP contribution in [-0.4, -0.2) is 30.4 Å². The number of alkyl halides is 2. The van der Waals surface area contributed by atoms with E-state index in [-0.39, 0.29) is 29.2 Å². The van der Waals surface area contributed by atoms with E-state index in [1.54, 1.807) is 11.8 Å². The fourth-order valence-electron chi connectivity index (χ4n) is 5.13. The molecule has 3 aromatic rings. The van der Waals surface area contributed by atoms with E-state index in [9.17, 15) is 18.0 Å². The first kappa shape index (κ1) is 24.3. The highest BCUT2D eigenvalue weighted by atomic mass is 19.3. The standard InChI is InChI=1S/C26H29F3N6O/c1-12(2)24-32-33-26-31-23(30-15(5)16-7-6-8-17(21(16)27)22(28)29)19-10-34(11-20(19)35(24)26)25(36)18-9-13(3)14(18)4/h6-8,12,14-15,18,22H,3,9-11H2,1-2,4-5H3,(H,30,31,33). The number of anilines is 1. The Bertz CT molecular complexity index is 1370. The maximum Gasteiger partial charge on any atom is 0.266 e. The van der Waals surface area contributed by atoms with Crippen molar-refractivity contribution in [2.24, 2.45) is 11.8 Å². The second-order valence-electron chi connectivity index (χ2n) is 10.1. The smallest absolute Gasteiger partial charge is 0.266 e. The molecule has 0 bridgehead atoms. The lowest BCUT2D eigenvalue weighted by molar-refractivity contribution is -0.139. The Labute approximate surface area is 207 Å². The molecule has 1 aliphatic heterocycles. The third kappa shape index (κ3) is 3.83. The molecule has 7 nitrogen and oxygen atoms in total. The molecule has 3 atom stereocenters. The molecule has 1 N–H and O–H groups in total. The highest BCUT2D eigenvalue weighted by Gasteiger charge is 2.41. The van der Waals surface area contributed by atoms with Crippen LogP contribution in [0.2, 0.25) is 0 Å². The van der Waals surface area contributed by atoms with Crippen molar-refractivity contribution in [3.05, 3.63) is 64.4 Å². The number of carbonyl (C=O) groups is 1. The van der Waals surface area contributed by atoms with Crippen LogP contribution < -0.4 is 5.32 Å². The van der Waals surface area contributed by atoms with Crippen molar-refractivity contribution in [2.75, 3.05) is 5.32 Å². The molecule has 2 aromatic heterocycles. The minimum Gasteiger partial charge on any atom is -0.363 e. The van der Waals surface area contributed by atoms with Gasteiger partial charge in [-0.2, -0.15) is 4.98 Å². The molecule has 0 radical (unpaired) electrons. The lowest BCUT2D eigenvalue weighted by Gasteiger charge is -2.37. The van der Waals surface area contributed by atoms with E-state index in [1.807, 2.05) is 25.2 Å². The summed E-state index contributed by atoms with van der Waals surface area (Å²) in [6.07, 6.45) is -2.22. The van der Waals surface area contributed by atoms with Crippen molar-refractivity contribution in [1.29, 1.82) is 0 Å². The summed E-state index contributed by atoms with van der Waals surface area (Å²) in [5, 5.41) is 11.8. The molecule has 3 heterocycles. The zero-order valence-corrected chi connectivity index (χ0v) is 20.7. The van der Waals surface area contributed by atoms with Crippen molar-refractivity contribution in [3.63, 3.8) is 0 Å². The molecule has 10 heteroatoms. The minimum atomic E-state index is -2.91. The van der Waals surface area contributed by atoms with Crippen LogP contribution in [0.25, 0.3) is 5.78 Å². The van der Waals surface area contributed by atoms with Gasteiger partial charge in [0.2, 0.25) is 5.91 Å². The van der Waals surface area contributed by atoms with Gasteiger partial charge < -0.3 is 10.2 Å². The summed E-state index contributed by atoms with van der Waals surface area (Å²) in [4.78, 5) is 19.8. The minimum absolute atomic E-state index is 0.0631. The summed E-state index contributed by atoms with van der Waals surface area (Å²) >= 11 is 0. The molecule has 1 aromatic carbocycles. The van der Waals surface area contributed by atoms with Crippen LogP contribution in [0.1, 0.15) is 80.7 Å². The number of aromatic nitrogens is 4. The summed E-state index contributed by atoms with van der Waals surface area (Å²) in [5.41, 5.74) is 2.20. The van der Waals surface area contributed by atoms with Gasteiger partial charge in [0.1, 0.15) is 17.5 Å². The number of carbonyl (C=O) groups excluding carboxylic acids is 1. The van der Waals surface area contributed by atoms with Gasteiger partial charge in [-0.15, -0.1) is 10.2 Å². The summed E-state index contributed by atoms with van der Waals surface area (Å²) in [6, 6.07) is 3.32. The van der Waals surface area contributed by atoms with Crippen molar-refractivity contribution >= 4 is 17.5 Å². The average Bonchev–Trinajstić information content (AvgIpc) is 3.46. The molecule has 0 spiro atoms. The number of nitrogens with one attached hydrogen (secondary N) is 1. The van der Waals surface area contributed by atoms with E-state index in [1.165, 1.54) is 12.1 Å². The van der Waals surface area contributed by atoms with E-state index in [4.69, 9.17) is 0 Å². The first-order chi connectivity index (χ1) is 17.1. The Kier molecular flexibility index (Phi) is 6.00. The van der Waals surface area contributed by atoms with Crippen LogP contribution in [0.5, 0.6) is 0 Å². The third-order valence-electron chi connectivity index (χ3n) is 7.46. The molecule has 1 aliphatic carbocycles. The number of hydrogen-bond donors (Lipinski definition) is 1. The number of halogens is 3. The van der Waals surface area contributed by atoms with Crippen molar-refractivity contribution in [1.82, 2.24) is 24.5 Å². The van der Waals surface area contributed by atoms with E-state index in [0.717, 1.165) is 28.7 Å². The molecule has 190 valence electrons. The number of rotatable bonds is 6. The Hall–Kier alpha value is -3.43. The largest absolute Gasteiger partial charge is 0.363 e. The average molecular weight is 499 g/mol. The van der Waals surface area contributed by atoms with E-state index >= 15 is 0 Å². The molecule has 36 heavy (non-hydrogen) atoms. The number of benzene rings is 1. The van der Waals surface area contributed by atoms with Gasteiger partial charge >= 0.3 is 0 Å². The molecule has 0 saturated heterocycles. The molecular formula is C26H29F3N6O. The summed E-state index contributed by atoms with van der Waals surface area (Å²) in [7, 11) is 0. The Balaban J connectivity index is 1.53. The first-order valence-corrected chi connectivity index (χ1v) is 12.1. The fraction of sp³-hybridized carbons (Fsp3) is 0.462. The second kappa shape index (κ2) is 8.90. The lowest BCUT2D eigenvalue weighted by Crippen LogP contribution is -2.41. The van der Waals surface area contributed by atoms with Gasteiger partial charge in [0.05, 0.1) is 30.4 Å². The predicted molar refractivity (Wildman–Crippen MR) is 129 cm³/mol. The number of amides is 1. The summed E-state index contributed by atoms with van der Waals surface area (Å²) in [5.74, 6) is 0.798.